The minimum Gasteiger partial charge on any atom is -0.326 e. The Balaban J connectivity index is 2.07. The Morgan fingerprint density at radius 2 is 1.80 bits per heavy atom. The van der Waals surface area contributed by atoms with Crippen molar-refractivity contribution in [1.82, 2.24) is 4.98 Å². The Labute approximate surface area is 119 Å². The molecule has 0 unspecified atom stereocenters. The fourth-order valence-corrected chi connectivity index (χ4v) is 2.63. The van der Waals surface area contributed by atoms with Crippen LogP contribution in [0.25, 0.3) is 10.9 Å². The lowest BCUT2D eigenvalue weighted by Crippen LogP contribution is -2.03. The second-order valence-electron chi connectivity index (χ2n) is 5.14. The lowest BCUT2D eigenvalue weighted by molar-refractivity contribution is 1.02. The summed E-state index contributed by atoms with van der Waals surface area (Å²) in [5, 5.41) is 1.22. The largest absolute Gasteiger partial charge is 0.326 e. The zero-order valence-electron chi connectivity index (χ0n) is 11.6. The van der Waals surface area contributed by atoms with Crippen molar-refractivity contribution in [3.63, 3.8) is 0 Å². The van der Waals surface area contributed by atoms with Crippen molar-refractivity contribution in [2.75, 3.05) is 0 Å². The van der Waals surface area contributed by atoms with Crippen LogP contribution >= 0.6 is 0 Å². The molecule has 0 amide bonds. The van der Waals surface area contributed by atoms with Crippen molar-refractivity contribution >= 4 is 10.9 Å². The fraction of sp³-hybridized carbons (Fsp3) is 0.167. The average molecular weight is 262 g/mol. The second kappa shape index (κ2) is 5.43. The number of nitrogens with zero attached hydrogens (tertiary/aromatic N) is 1. The number of hydrogen-bond acceptors (Lipinski definition) is 2. The van der Waals surface area contributed by atoms with Gasteiger partial charge in [0.25, 0.3) is 0 Å². The first-order valence-electron chi connectivity index (χ1n) is 6.89. The molecule has 3 rings (SSSR count). The molecule has 1 aromatic heterocycles. The van der Waals surface area contributed by atoms with E-state index in [1.54, 1.807) is 0 Å². The van der Waals surface area contributed by atoms with Gasteiger partial charge in [-0.3, -0.25) is 4.98 Å². The summed E-state index contributed by atoms with van der Waals surface area (Å²) in [6.45, 7) is 2.70. The van der Waals surface area contributed by atoms with Crippen LogP contribution in [0.2, 0.25) is 0 Å². The molecule has 0 radical (unpaired) electrons. The van der Waals surface area contributed by atoms with Gasteiger partial charge in [-0.2, -0.15) is 0 Å². The molecule has 2 aromatic carbocycles. The van der Waals surface area contributed by atoms with E-state index in [1.165, 1.54) is 27.6 Å². The van der Waals surface area contributed by atoms with E-state index in [0.29, 0.717) is 6.54 Å². The fourth-order valence-electron chi connectivity index (χ4n) is 2.63. The summed E-state index contributed by atoms with van der Waals surface area (Å²) < 4.78 is 0. The summed E-state index contributed by atoms with van der Waals surface area (Å²) in [6.07, 6.45) is 2.78. The van der Waals surface area contributed by atoms with E-state index in [2.05, 4.69) is 54.4 Å². The van der Waals surface area contributed by atoms with Gasteiger partial charge in [-0.15, -0.1) is 0 Å². The lowest BCUT2D eigenvalue weighted by atomic mass is 9.96. The van der Waals surface area contributed by atoms with Gasteiger partial charge in [0.2, 0.25) is 0 Å². The molecule has 0 aliphatic carbocycles. The number of pyridine rings is 1. The highest BCUT2D eigenvalue weighted by Crippen LogP contribution is 2.22. The quantitative estimate of drug-likeness (QED) is 0.783. The Bertz CT molecular complexity index is 742. The third-order valence-electron chi connectivity index (χ3n) is 3.70. The van der Waals surface area contributed by atoms with Gasteiger partial charge in [0.1, 0.15) is 0 Å². The second-order valence-corrected chi connectivity index (χ2v) is 5.14. The van der Waals surface area contributed by atoms with Crippen LogP contribution in [0.4, 0.5) is 0 Å². The molecule has 2 N–H and O–H groups in total. The number of rotatable bonds is 3. The number of para-hydroxylation sites is 1. The summed E-state index contributed by atoms with van der Waals surface area (Å²) in [7, 11) is 0. The van der Waals surface area contributed by atoms with E-state index in [0.717, 1.165) is 11.9 Å². The van der Waals surface area contributed by atoms with Crippen LogP contribution < -0.4 is 5.73 Å². The molecule has 2 heteroatoms. The van der Waals surface area contributed by atoms with Crippen molar-refractivity contribution < 1.29 is 0 Å². The summed E-state index contributed by atoms with van der Waals surface area (Å²) >= 11 is 0. The SMILES string of the molecule is Cc1ccc(CN)c(Cc2ccnc3ccccc23)c1. The first-order chi connectivity index (χ1) is 9.78. The van der Waals surface area contributed by atoms with E-state index in [1.807, 2.05) is 12.3 Å². The highest BCUT2D eigenvalue weighted by Gasteiger charge is 2.06. The average Bonchev–Trinajstić information content (AvgIpc) is 2.48. The van der Waals surface area contributed by atoms with Gasteiger partial charge < -0.3 is 5.73 Å². The van der Waals surface area contributed by atoms with Crippen LogP contribution in [0.1, 0.15) is 22.3 Å². The van der Waals surface area contributed by atoms with Crippen molar-refractivity contribution in [3.8, 4) is 0 Å². The number of aromatic nitrogens is 1. The van der Waals surface area contributed by atoms with Crippen LogP contribution in [-0.2, 0) is 13.0 Å². The topological polar surface area (TPSA) is 38.9 Å². The molecule has 0 aliphatic rings. The monoisotopic (exact) mass is 262 g/mol. The van der Waals surface area contributed by atoms with Crippen LogP contribution in [0, 0.1) is 6.92 Å². The maximum Gasteiger partial charge on any atom is 0.0704 e. The Hall–Kier alpha value is -2.19. The molecule has 0 spiro atoms. The maximum atomic E-state index is 5.85. The summed E-state index contributed by atoms with van der Waals surface area (Å²) in [5.74, 6) is 0. The van der Waals surface area contributed by atoms with Crippen LogP contribution in [-0.4, -0.2) is 4.98 Å². The molecular weight excluding hydrogens is 244 g/mol. The van der Waals surface area contributed by atoms with Crippen LogP contribution in [0.3, 0.4) is 0 Å². The standard InChI is InChI=1S/C18H18N2/c1-13-6-7-15(12-19)16(10-13)11-14-8-9-20-18-5-3-2-4-17(14)18/h2-10H,11-12,19H2,1H3. The number of fused-ring (bicyclic) bond motifs is 1. The smallest absolute Gasteiger partial charge is 0.0704 e. The molecule has 0 saturated carbocycles. The lowest BCUT2D eigenvalue weighted by Gasteiger charge is -2.11. The molecule has 0 atom stereocenters. The third kappa shape index (κ3) is 2.43. The third-order valence-corrected chi connectivity index (χ3v) is 3.70. The van der Waals surface area contributed by atoms with E-state index >= 15 is 0 Å². The molecule has 2 nitrogen and oxygen atoms in total. The first kappa shape index (κ1) is 12.8. The predicted octanol–water partition coefficient (Wildman–Crippen LogP) is 3.59. The Morgan fingerprint density at radius 1 is 0.950 bits per heavy atom. The molecule has 0 saturated heterocycles. The molecule has 0 fully saturated rings. The van der Waals surface area contributed by atoms with Crippen molar-refractivity contribution in [3.05, 3.63) is 77.0 Å². The van der Waals surface area contributed by atoms with Gasteiger partial charge in [-0.25, -0.2) is 0 Å². The Kier molecular flexibility index (Phi) is 3.48. The van der Waals surface area contributed by atoms with Gasteiger partial charge >= 0.3 is 0 Å². The van der Waals surface area contributed by atoms with Crippen molar-refractivity contribution in [2.24, 2.45) is 5.73 Å². The van der Waals surface area contributed by atoms with Gasteiger partial charge in [0, 0.05) is 18.1 Å². The van der Waals surface area contributed by atoms with E-state index in [9.17, 15) is 0 Å². The normalized spacial score (nSPS) is 10.9. The van der Waals surface area contributed by atoms with Gasteiger partial charge in [0.15, 0.2) is 0 Å². The zero-order valence-corrected chi connectivity index (χ0v) is 11.6. The number of aryl methyl sites for hydroxylation is 1. The summed E-state index contributed by atoms with van der Waals surface area (Å²) in [5.41, 5.74) is 12.0. The minimum absolute atomic E-state index is 0.582. The van der Waals surface area contributed by atoms with E-state index in [4.69, 9.17) is 5.73 Å². The number of nitrogens with two attached hydrogens (primary N) is 1. The van der Waals surface area contributed by atoms with Crippen LogP contribution in [0.15, 0.2) is 54.7 Å². The molecule has 0 bridgehead atoms. The minimum atomic E-state index is 0.582. The molecule has 100 valence electrons. The maximum absolute atomic E-state index is 5.85. The van der Waals surface area contributed by atoms with Crippen LogP contribution in [0.5, 0.6) is 0 Å². The van der Waals surface area contributed by atoms with Gasteiger partial charge in [0.05, 0.1) is 5.52 Å². The zero-order chi connectivity index (χ0) is 13.9. The van der Waals surface area contributed by atoms with E-state index in [-0.39, 0.29) is 0 Å². The Morgan fingerprint density at radius 3 is 2.65 bits per heavy atom. The highest BCUT2D eigenvalue weighted by molar-refractivity contribution is 5.82. The van der Waals surface area contributed by atoms with E-state index < -0.39 is 0 Å². The molecule has 0 aliphatic heterocycles. The predicted molar refractivity (Wildman–Crippen MR) is 83.6 cm³/mol. The first-order valence-corrected chi connectivity index (χ1v) is 6.89. The molecule has 3 aromatic rings. The van der Waals surface area contributed by atoms with Gasteiger partial charge in [-0.1, -0.05) is 42.0 Å². The van der Waals surface area contributed by atoms with Gasteiger partial charge in [-0.05, 0) is 42.2 Å². The summed E-state index contributed by atoms with van der Waals surface area (Å²) in [6, 6.07) is 16.9. The number of benzene rings is 2. The number of hydrogen-bond donors (Lipinski definition) is 1. The molecule has 1 heterocycles. The highest BCUT2D eigenvalue weighted by atomic mass is 14.6. The van der Waals surface area contributed by atoms with Crippen molar-refractivity contribution in [1.29, 1.82) is 0 Å². The molecule has 20 heavy (non-hydrogen) atoms. The summed E-state index contributed by atoms with van der Waals surface area (Å²) in [4.78, 5) is 4.42. The molecular formula is C18H18N2. The van der Waals surface area contributed by atoms with Crippen molar-refractivity contribution in [2.45, 2.75) is 19.9 Å².